The second kappa shape index (κ2) is 5.79. The molecule has 6 heteroatoms. The Kier molecular flexibility index (Phi) is 3.61. The van der Waals surface area contributed by atoms with Gasteiger partial charge in [-0.3, -0.25) is 14.7 Å². The van der Waals surface area contributed by atoms with Crippen LogP contribution in [0.2, 0.25) is 0 Å². The summed E-state index contributed by atoms with van der Waals surface area (Å²) < 4.78 is 8.77. The molecule has 0 amide bonds. The zero-order chi connectivity index (χ0) is 16.7. The van der Waals surface area contributed by atoms with Gasteiger partial charge >= 0.3 is 0 Å². The fourth-order valence-corrected chi connectivity index (χ4v) is 3.39. The van der Waals surface area contributed by atoms with Crippen molar-refractivity contribution in [2.75, 3.05) is 6.61 Å². The summed E-state index contributed by atoms with van der Waals surface area (Å²) in [5.41, 5.74) is 1.74. The summed E-state index contributed by atoms with van der Waals surface area (Å²) in [6.45, 7) is 3.06. The molecule has 1 aromatic carbocycles. The molecule has 1 N–H and O–H groups in total. The topological polar surface area (TPSA) is 69.0 Å². The van der Waals surface area contributed by atoms with Crippen LogP contribution in [0, 0.1) is 6.92 Å². The Morgan fingerprint density at radius 2 is 2.04 bits per heavy atom. The number of para-hydroxylation sites is 1. The summed E-state index contributed by atoms with van der Waals surface area (Å²) in [6, 6.07) is 10.8. The Labute approximate surface area is 138 Å². The van der Waals surface area contributed by atoms with Crippen molar-refractivity contribution in [2.45, 2.75) is 32.4 Å². The highest BCUT2D eigenvalue weighted by Crippen LogP contribution is 2.17. The van der Waals surface area contributed by atoms with Crippen molar-refractivity contribution in [1.29, 1.82) is 0 Å². The number of aromatic amines is 1. The maximum absolute atomic E-state index is 12.8. The van der Waals surface area contributed by atoms with Crippen LogP contribution < -0.4 is 11.1 Å². The summed E-state index contributed by atoms with van der Waals surface area (Å²) in [6.07, 6.45) is 2.02. The first-order valence-corrected chi connectivity index (χ1v) is 8.17. The highest BCUT2D eigenvalue weighted by molar-refractivity contribution is 5.80. The Morgan fingerprint density at radius 1 is 1.25 bits per heavy atom. The molecule has 1 saturated heterocycles. The van der Waals surface area contributed by atoms with Crippen molar-refractivity contribution >= 4 is 10.9 Å². The molecule has 2 aromatic heterocycles. The number of aromatic nitrogens is 3. The van der Waals surface area contributed by atoms with E-state index in [4.69, 9.17) is 4.74 Å². The van der Waals surface area contributed by atoms with E-state index in [9.17, 15) is 9.59 Å². The van der Waals surface area contributed by atoms with Crippen molar-refractivity contribution in [3.8, 4) is 5.69 Å². The van der Waals surface area contributed by atoms with Gasteiger partial charge in [0.2, 0.25) is 0 Å². The van der Waals surface area contributed by atoms with E-state index in [1.165, 1.54) is 10.7 Å². The van der Waals surface area contributed by atoms with Gasteiger partial charge < -0.3 is 9.30 Å². The van der Waals surface area contributed by atoms with Crippen molar-refractivity contribution in [2.24, 2.45) is 0 Å². The van der Waals surface area contributed by atoms with Crippen LogP contribution in [0.3, 0.4) is 0 Å². The molecule has 0 unspecified atom stereocenters. The molecule has 1 fully saturated rings. The predicted octanol–water partition coefficient (Wildman–Crippen LogP) is 1.97. The van der Waals surface area contributed by atoms with E-state index in [2.05, 4.69) is 5.10 Å². The van der Waals surface area contributed by atoms with Gasteiger partial charge in [-0.05, 0) is 31.9 Å². The minimum absolute atomic E-state index is 0.0501. The SMILES string of the molecule is Cc1c2c(=O)n(-c3ccccc3)[nH]c2cc(=O)n1C[C@H]1CCCO1. The predicted molar refractivity (Wildman–Crippen MR) is 91.9 cm³/mol. The van der Waals surface area contributed by atoms with Crippen LogP contribution in [-0.2, 0) is 11.3 Å². The molecule has 3 aromatic rings. The molecule has 24 heavy (non-hydrogen) atoms. The summed E-state index contributed by atoms with van der Waals surface area (Å²) in [5.74, 6) is 0. The van der Waals surface area contributed by atoms with Gasteiger partial charge in [0.15, 0.2) is 0 Å². The van der Waals surface area contributed by atoms with E-state index >= 15 is 0 Å². The molecule has 0 radical (unpaired) electrons. The Morgan fingerprint density at radius 3 is 2.75 bits per heavy atom. The normalized spacial score (nSPS) is 17.6. The van der Waals surface area contributed by atoms with Crippen LogP contribution >= 0.6 is 0 Å². The third-order valence-corrected chi connectivity index (χ3v) is 4.64. The number of ether oxygens (including phenoxy) is 1. The lowest BCUT2D eigenvalue weighted by Gasteiger charge is -2.14. The molecular weight excluding hydrogens is 306 g/mol. The molecule has 1 aliphatic heterocycles. The van der Waals surface area contributed by atoms with Gasteiger partial charge in [-0.1, -0.05) is 18.2 Å². The quantitative estimate of drug-likeness (QED) is 0.800. The number of fused-ring (bicyclic) bond motifs is 1. The number of hydrogen-bond donors (Lipinski definition) is 1. The first-order valence-electron chi connectivity index (χ1n) is 8.17. The van der Waals surface area contributed by atoms with Crippen LogP contribution in [0.15, 0.2) is 46.0 Å². The molecule has 6 nitrogen and oxygen atoms in total. The third-order valence-electron chi connectivity index (χ3n) is 4.64. The van der Waals surface area contributed by atoms with Crippen LogP contribution in [0.5, 0.6) is 0 Å². The molecule has 1 aliphatic rings. The number of nitrogens with one attached hydrogen (secondary N) is 1. The number of aryl methyl sites for hydroxylation is 1. The van der Waals surface area contributed by atoms with E-state index in [0.29, 0.717) is 23.1 Å². The van der Waals surface area contributed by atoms with E-state index in [1.54, 1.807) is 4.57 Å². The fraction of sp³-hybridized carbons (Fsp3) is 0.333. The van der Waals surface area contributed by atoms with Gasteiger partial charge in [-0.25, -0.2) is 4.68 Å². The van der Waals surface area contributed by atoms with E-state index in [-0.39, 0.29) is 17.2 Å². The molecular formula is C18H19N3O3. The van der Waals surface area contributed by atoms with Gasteiger partial charge in [0.05, 0.1) is 29.2 Å². The lowest BCUT2D eigenvalue weighted by molar-refractivity contribution is 0.0958. The van der Waals surface area contributed by atoms with Crippen LogP contribution in [0.25, 0.3) is 16.6 Å². The summed E-state index contributed by atoms with van der Waals surface area (Å²) in [4.78, 5) is 25.3. The van der Waals surface area contributed by atoms with Gasteiger partial charge in [-0.15, -0.1) is 0 Å². The average molecular weight is 325 g/mol. The van der Waals surface area contributed by atoms with E-state index in [0.717, 1.165) is 25.1 Å². The number of benzene rings is 1. The number of rotatable bonds is 3. The zero-order valence-corrected chi connectivity index (χ0v) is 13.5. The fourth-order valence-electron chi connectivity index (χ4n) is 3.39. The molecule has 0 bridgehead atoms. The highest BCUT2D eigenvalue weighted by Gasteiger charge is 2.20. The maximum atomic E-state index is 12.8. The molecule has 0 aliphatic carbocycles. The zero-order valence-electron chi connectivity index (χ0n) is 13.5. The molecule has 124 valence electrons. The number of H-pyrrole nitrogens is 1. The molecule has 0 spiro atoms. The van der Waals surface area contributed by atoms with Crippen LogP contribution in [-0.4, -0.2) is 27.1 Å². The largest absolute Gasteiger partial charge is 0.376 e. The monoisotopic (exact) mass is 325 g/mol. The lowest BCUT2D eigenvalue weighted by Crippen LogP contribution is -2.28. The standard InChI is InChI=1S/C18H19N3O3/c1-12-17-15(10-16(22)20(12)11-14-8-5-9-24-14)19-21(18(17)23)13-6-3-2-4-7-13/h2-4,6-7,10,14,19H,5,8-9,11H2,1H3/t14-/m1/s1. The van der Waals surface area contributed by atoms with Crippen molar-refractivity contribution in [3.63, 3.8) is 0 Å². The molecule has 1 atom stereocenters. The summed E-state index contributed by atoms with van der Waals surface area (Å²) in [5, 5.41) is 3.59. The maximum Gasteiger partial charge on any atom is 0.280 e. The second-order valence-electron chi connectivity index (χ2n) is 6.19. The van der Waals surface area contributed by atoms with Crippen molar-refractivity contribution in [1.82, 2.24) is 14.3 Å². The lowest BCUT2D eigenvalue weighted by atomic mass is 10.2. The van der Waals surface area contributed by atoms with Crippen molar-refractivity contribution < 1.29 is 4.74 Å². The molecule has 0 saturated carbocycles. The third kappa shape index (κ3) is 2.39. The smallest absolute Gasteiger partial charge is 0.280 e. The van der Waals surface area contributed by atoms with Crippen molar-refractivity contribution in [3.05, 3.63) is 62.8 Å². The minimum atomic E-state index is -0.144. The van der Waals surface area contributed by atoms with Crippen LogP contribution in [0.1, 0.15) is 18.5 Å². The van der Waals surface area contributed by atoms with E-state index < -0.39 is 0 Å². The Bertz CT molecular complexity index is 992. The minimum Gasteiger partial charge on any atom is -0.376 e. The molecule has 3 heterocycles. The summed E-state index contributed by atoms with van der Waals surface area (Å²) >= 11 is 0. The molecule has 4 rings (SSSR count). The first kappa shape index (κ1) is 15.0. The Balaban J connectivity index is 1.88. The van der Waals surface area contributed by atoms with Gasteiger partial charge in [0.1, 0.15) is 0 Å². The van der Waals surface area contributed by atoms with E-state index in [1.807, 2.05) is 37.3 Å². The average Bonchev–Trinajstić information content (AvgIpc) is 3.20. The summed E-state index contributed by atoms with van der Waals surface area (Å²) in [7, 11) is 0. The Hall–Kier alpha value is -2.60. The number of hydrogen-bond acceptors (Lipinski definition) is 3. The number of nitrogens with zero attached hydrogens (tertiary/aromatic N) is 2. The second-order valence-corrected chi connectivity index (χ2v) is 6.19. The van der Waals surface area contributed by atoms with Gasteiger partial charge in [0, 0.05) is 18.4 Å². The number of pyridine rings is 1. The van der Waals surface area contributed by atoms with Crippen LogP contribution in [0.4, 0.5) is 0 Å². The highest BCUT2D eigenvalue weighted by atomic mass is 16.5. The van der Waals surface area contributed by atoms with Gasteiger partial charge in [-0.2, -0.15) is 0 Å². The van der Waals surface area contributed by atoms with Gasteiger partial charge in [0.25, 0.3) is 11.1 Å². The first-order chi connectivity index (χ1) is 11.6.